The number of nitrogens with zero attached hydrogens (tertiary/aromatic N) is 6. The van der Waals surface area contributed by atoms with Crippen LogP contribution in [0.2, 0.25) is 0 Å². The molecular formula is C54H69N11O9S. The van der Waals surface area contributed by atoms with Crippen molar-refractivity contribution in [3.05, 3.63) is 95.0 Å². The molecule has 5 heterocycles. The lowest BCUT2D eigenvalue weighted by molar-refractivity contribution is -0.144. The van der Waals surface area contributed by atoms with Gasteiger partial charge in [-0.15, -0.1) is 11.3 Å². The van der Waals surface area contributed by atoms with Gasteiger partial charge in [-0.1, -0.05) is 45.0 Å². The van der Waals surface area contributed by atoms with Crippen LogP contribution in [0.1, 0.15) is 73.9 Å². The van der Waals surface area contributed by atoms with E-state index in [-0.39, 0.29) is 68.7 Å². The minimum atomic E-state index is -0.938. The van der Waals surface area contributed by atoms with Crippen molar-refractivity contribution < 1.29 is 43.3 Å². The molecule has 3 aromatic heterocycles. The Morgan fingerprint density at radius 3 is 2.41 bits per heavy atom. The Labute approximate surface area is 440 Å². The smallest absolute Gasteiger partial charge is 0.255 e. The number of carbonyl (C=O) groups excluding carboxylic acids is 5. The first kappa shape index (κ1) is 54.6. The predicted octanol–water partition coefficient (Wildman–Crippen LogP) is 4.71. The second-order valence-corrected chi connectivity index (χ2v) is 21.2. The number of β-amino-alcohol motifs (C(OH)–C–C–N with tert-alkyl or cyclic N) is 1. The number of rotatable bonds is 24. The number of aryl methyl sites for hydroxylation is 2. The highest BCUT2D eigenvalue weighted by Crippen LogP contribution is 2.29. The molecule has 0 spiro atoms. The van der Waals surface area contributed by atoms with Gasteiger partial charge < -0.3 is 50.5 Å². The number of hydrogen-bond donors (Lipinski definition) is 6. The maximum Gasteiger partial charge on any atom is 0.255 e. The van der Waals surface area contributed by atoms with Crippen LogP contribution in [-0.4, -0.2) is 153 Å². The predicted molar refractivity (Wildman–Crippen MR) is 284 cm³/mol. The molecule has 0 aliphatic carbocycles. The molecule has 2 aliphatic heterocycles. The van der Waals surface area contributed by atoms with Crippen molar-refractivity contribution in [3.63, 3.8) is 0 Å². The van der Waals surface area contributed by atoms with Gasteiger partial charge in [-0.2, -0.15) is 5.10 Å². The average molecular weight is 1050 g/mol. The number of ether oxygens (including phenoxy) is 3. The Morgan fingerprint density at radius 1 is 0.907 bits per heavy atom. The number of benzene rings is 3. The number of carbonyl (C=O) groups is 5. The van der Waals surface area contributed by atoms with Crippen LogP contribution in [0.5, 0.6) is 0 Å². The summed E-state index contributed by atoms with van der Waals surface area (Å²) in [5.74, 6) is -0.314. The second kappa shape index (κ2) is 25.3. The highest BCUT2D eigenvalue weighted by atomic mass is 32.1. The van der Waals surface area contributed by atoms with Crippen molar-refractivity contribution in [1.29, 1.82) is 0 Å². The number of anilines is 1. The molecule has 6 N–H and O–H groups in total. The number of aromatic amines is 1. The van der Waals surface area contributed by atoms with Crippen LogP contribution in [0.15, 0.2) is 72.4 Å². The Morgan fingerprint density at radius 2 is 1.67 bits per heavy atom. The van der Waals surface area contributed by atoms with Crippen molar-refractivity contribution in [2.24, 2.45) is 18.4 Å². The molecule has 400 valence electrons. The number of likely N-dealkylation sites (tertiary alicyclic amines) is 2. The van der Waals surface area contributed by atoms with Crippen LogP contribution in [0.25, 0.3) is 32.4 Å². The minimum absolute atomic E-state index is 0.0104. The van der Waals surface area contributed by atoms with Gasteiger partial charge in [-0.25, -0.2) is 9.97 Å². The van der Waals surface area contributed by atoms with E-state index < -0.39 is 29.5 Å². The fourth-order valence-corrected chi connectivity index (χ4v) is 10.3. The van der Waals surface area contributed by atoms with Crippen LogP contribution < -0.4 is 21.3 Å². The van der Waals surface area contributed by atoms with Crippen molar-refractivity contribution in [2.75, 3.05) is 71.1 Å². The summed E-state index contributed by atoms with van der Waals surface area (Å²) < 4.78 is 18.6. The van der Waals surface area contributed by atoms with Crippen LogP contribution in [-0.2, 0) is 53.5 Å². The lowest BCUT2D eigenvalue weighted by atomic mass is 9.85. The van der Waals surface area contributed by atoms with E-state index in [4.69, 9.17) is 19.2 Å². The summed E-state index contributed by atoms with van der Waals surface area (Å²) in [5, 5.41) is 27.4. The molecule has 2 fully saturated rings. The number of H-pyrrole nitrogens is 1. The highest BCUT2D eigenvalue weighted by molar-refractivity contribution is 7.13. The normalized spacial score (nSPS) is 17.4. The monoisotopic (exact) mass is 1050 g/mol. The van der Waals surface area contributed by atoms with E-state index in [0.717, 1.165) is 69.0 Å². The van der Waals surface area contributed by atoms with E-state index in [1.165, 1.54) is 4.90 Å². The van der Waals surface area contributed by atoms with Gasteiger partial charge in [0.05, 0.1) is 91.1 Å². The minimum Gasteiger partial charge on any atom is -0.391 e. The summed E-state index contributed by atoms with van der Waals surface area (Å²) in [4.78, 5) is 83.4. The maximum absolute atomic E-state index is 14.0. The molecule has 0 radical (unpaired) electrons. The summed E-state index contributed by atoms with van der Waals surface area (Å²) in [6.07, 6.45) is 2.34. The molecule has 4 atom stereocenters. The molecule has 2 aliphatic rings. The fourth-order valence-electron chi connectivity index (χ4n) is 9.48. The van der Waals surface area contributed by atoms with Crippen LogP contribution in [0.3, 0.4) is 0 Å². The fraction of sp³-hybridized carbons (Fsp3) is 0.481. The molecule has 0 bridgehead atoms. The molecular weight excluding hydrogens is 979 g/mol. The molecule has 5 amide bonds. The van der Waals surface area contributed by atoms with Crippen molar-refractivity contribution in [3.8, 4) is 10.4 Å². The SMILES string of the molecule is Cc1ncsc1-c1ccc(CNC(=O)[C@@H]2C[C@@H](O)CN2C(=O)C(NC(=O)CCOCCOCCOCCNC(=O)CC2CCN(Cc3nc4ccc(NC(=O)c5ccc6c(cnn6C)c5)cc4[nH]3)C2)C(C)(C)C)cc1. The van der Waals surface area contributed by atoms with Gasteiger partial charge in [0.15, 0.2) is 0 Å². The van der Waals surface area contributed by atoms with Crippen molar-refractivity contribution >= 4 is 68.5 Å². The van der Waals surface area contributed by atoms with Crippen LogP contribution in [0.4, 0.5) is 5.69 Å². The standard InChI is InChI=1S/C54H69N11O9S/c1-34-49(75-33-57-34)37-8-6-35(7-9-37)28-56-52(70)45-27-41(66)31-65(45)53(71)50(54(2,3)4)62-47(67)15-18-72-20-22-74-23-21-73-19-16-55-48(68)24-36-14-17-64(30-36)32-46-60-42-12-11-40(26-43(42)61-46)59-51(69)38-10-13-44-39(25-38)29-58-63(44)5/h6-13,25-26,29,33,36,41,45,50,66H,14-24,27-28,30-32H2,1-5H3,(H,55,68)(H,56,70)(H,59,69)(H,60,61)(H,62,67)/t36?,41-,45+,50?/m1/s1. The zero-order chi connectivity index (χ0) is 53.1. The first-order chi connectivity index (χ1) is 36.1. The van der Waals surface area contributed by atoms with E-state index in [1.54, 1.807) is 28.3 Å². The molecule has 6 aromatic rings. The molecule has 8 rings (SSSR count). The quantitative estimate of drug-likeness (QED) is 0.0451. The largest absolute Gasteiger partial charge is 0.391 e. The summed E-state index contributed by atoms with van der Waals surface area (Å²) in [6.45, 7) is 12.1. The van der Waals surface area contributed by atoms with Crippen molar-refractivity contribution in [1.82, 2.24) is 50.5 Å². The van der Waals surface area contributed by atoms with Gasteiger partial charge in [0.1, 0.15) is 17.9 Å². The van der Waals surface area contributed by atoms with E-state index in [1.807, 2.05) is 94.9 Å². The Hall–Kier alpha value is -6.62. The second-order valence-electron chi connectivity index (χ2n) is 20.4. The zero-order valence-corrected chi connectivity index (χ0v) is 44.2. The lowest BCUT2D eigenvalue weighted by Gasteiger charge is -2.35. The third kappa shape index (κ3) is 14.8. The van der Waals surface area contributed by atoms with E-state index >= 15 is 0 Å². The number of hydrogen-bond acceptors (Lipinski definition) is 14. The Kier molecular flexibility index (Phi) is 18.4. The van der Waals surface area contributed by atoms with E-state index in [0.29, 0.717) is 57.2 Å². The van der Waals surface area contributed by atoms with E-state index in [2.05, 4.69) is 41.2 Å². The molecule has 75 heavy (non-hydrogen) atoms. The van der Waals surface area contributed by atoms with Gasteiger partial charge >= 0.3 is 0 Å². The van der Waals surface area contributed by atoms with Crippen molar-refractivity contribution in [2.45, 2.75) is 84.7 Å². The third-order valence-electron chi connectivity index (χ3n) is 13.5. The first-order valence-electron chi connectivity index (χ1n) is 25.6. The Balaban J connectivity index is 0.647. The zero-order valence-electron chi connectivity index (χ0n) is 43.4. The Bertz CT molecular complexity index is 2930. The van der Waals surface area contributed by atoms with Gasteiger partial charge in [-0.05, 0) is 78.7 Å². The number of aromatic nitrogens is 5. The van der Waals surface area contributed by atoms with Gasteiger partial charge in [0.2, 0.25) is 23.6 Å². The topological polar surface area (TPSA) is 247 Å². The number of aliphatic hydroxyl groups is 1. The number of nitrogens with one attached hydrogen (secondary N) is 5. The van der Waals surface area contributed by atoms with Crippen LogP contribution in [0, 0.1) is 18.3 Å². The summed E-state index contributed by atoms with van der Waals surface area (Å²) in [7, 11) is 1.87. The average Bonchev–Trinajstić information content (AvgIpc) is 4.25. The highest BCUT2D eigenvalue weighted by Gasteiger charge is 2.44. The van der Waals surface area contributed by atoms with Crippen LogP contribution >= 0.6 is 11.3 Å². The van der Waals surface area contributed by atoms with Gasteiger partial charge in [-0.3, -0.25) is 33.6 Å². The van der Waals surface area contributed by atoms with E-state index in [9.17, 15) is 29.1 Å². The maximum atomic E-state index is 14.0. The lowest BCUT2D eigenvalue weighted by Crippen LogP contribution is -2.57. The summed E-state index contributed by atoms with van der Waals surface area (Å²) in [6, 6.07) is 17.2. The number of thiazole rings is 1. The summed E-state index contributed by atoms with van der Waals surface area (Å²) in [5.41, 5.74) is 7.85. The molecule has 3 aromatic carbocycles. The first-order valence-corrected chi connectivity index (χ1v) is 26.4. The molecule has 0 saturated carbocycles. The van der Waals surface area contributed by atoms with Gasteiger partial charge in [0, 0.05) is 69.1 Å². The molecule has 20 nitrogen and oxygen atoms in total. The third-order valence-corrected chi connectivity index (χ3v) is 14.5. The number of imidazole rings is 1. The summed E-state index contributed by atoms with van der Waals surface area (Å²) >= 11 is 1.57. The number of amides is 5. The number of fused-ring (bicyclic) bond motifs is 2. The number of aliphatic hydroxyl groups excluding tert-OH is 1. The molecule has 2 saturated heterocycles. The molecule has 21 heteroatoms. The van der Waals surface area contributed by atoms with Gasteiger partial charge in [0.25, 0.3) is 5.91 Å². The molecule has 2 unspecified atom stereocenters.